The molecule has 5 heteroatoms. The van der Waals surface area contributed by atoms with Gasteiger partial charge < -0.3 is 9.64 Å². The van der Waals surface area contributed by atoms with E-state index in [-0.39, 0.29) is 31.1 Å². The second-order valence-electron chi connectivity index (χ2n) is 3.92. The van der Waals surface area contributed by atoms with Crippen molar-refractivity contribution in [3.05, 3.63) is 35.6 Å². The van der Waals surface area contributed by atoms with Crippen LogP contribution in [0.25, 0.3) is 0 Å². The van der Waals surface area contributed by atoms with Crippen molar-refractivity contribution in [3.8, 4) is 0 Å². The largest absolute Gasteiger partial charge is 0.469 e. The summed E-state index contributed by atoms with van der Waals surface area (Å²) in [6.45, 7) is 0.187. The van der Waals surface area contributed by atoms with E-state index in [0.29, 0.717) is 5.56 Å². The number of nitrogens with zero attached hydrogens (tertiary/aromatic N) is 1. The smallest absolute Gasteiger partial charge is 0.306 e. The first-order valence-electron chi connectivity index (χ1n) is 5.58. The lowest BCUT2D eigenvalue weighted by Gasteiger charge is -2.17. The van der Waals surface area contributed by atoms with E-state index in [1.54, 1.807) is 25.2 Å². The van der Waals surface area contributed by atoms with Gasteiger partial charge in [-0.25, -0.2) is 4.39 Å². The molecule has 0 atom stereocenters. The van der Waals surface area contributed by atoms with Crippen molar-refractivity contribution in [1.82, 2.24) is 4.90 Å². The van der Waals surface area contributed by atoms with Crippen molar-refractivity contribution in [1.29, 1.82) is 0 Å². The molecule has 0 aromatic heterocycles. The first-order valence-corrected chi connectivity index (χ1v) is 5.58. The monoisotopic (exact) mass is 253 g/mol. The molecule has 0 unspecified atom stereocenters. The molecule has 0 saturated heterocycles. The van der Waals surface area contributed by atoms with E-state index in [4.69, 9.17) is 0 Å². The Labute approximate surface area is 105 Å². The van der Waals surface area contributed by atoms with Crippen LogP contribution in [0.15, 0.2) is 24.3 Å². The van der Waals surface area contributed by atoms with Gasteiger partial charge in [0, 0.05) is 25.6 Å². The second kappa shape index (κ2) is 6.74. The maximum Gasteiger partial charge on any atom is 0.306 e. The Bertz CT molecular complexity index is 434. The minimum atomic E-state index is -0.428. The molecule has 0 bridgehead atoms. The van der Waals surface area contributed by atoms with Crippen LogP contribution < -0.4 is 0 Å². The summed E-state index contributed by atoms with van der Waals surface area (Å²) < 4.78 is 17.8. The quantitative estimate of drug-likeness (QED) is 0.751. The number of methoxy groups -OCH3 is 1. The molecular formula is C13H16FNO3. The van der Waals surface area contributed by atoms with Crippen molar-refractivity contribution in [3.63, 3.8) is 0 Å². The van der Waals surface area contributed by atoms with Gasteiger partial charge in [-0.3, -0.25) is 9.59 Å². The van der Waals surface area contributed by atoms with E-state index in [2.05, 4.69) is 4.74 Å². The lowest BCUT2D eigenvalue weighted by atomic mass is 10.2. The molecule has 1 aromatic carbocycles. The van der Waals surface area contributed by atoms with E-state index >= 15 is 0 Å². The molecule has 98 valence electrons. The number of ether oxygens (including phenoxy) is 1. The Morgan fingerprint density at radius 2 is 1.94 bits per heavy atom. The van der Waals surface area contributed by atoms with Crippen LogP contribution in [-0.2, 0) is 20.9 Å². The van der Waals surface area contributed by atoms with Crippen LogP contribution >= 0.6 is 0 Å². The Kier molecular flexibility index (Phi) is 5.30. The predicted octanol–water partition coefficient (Wildman–Crippen LogP) is 1.74. The van der Waals surface area contributed by atoms with Crippen molar-refractivity contribution in [2.24, 2.45) is 0 Å². The summed E-state index contributed by atoms with van der Waals surface area (Å²) in [5.74, 6) is -0.989. The van der Waals surface area contributed by atoms with E-state index in [0.717, 1.165) is 0 Å². The van der Waals surface area contributed by atoms with Crippen LogP contribution in [-0.4, -0.2) is 30.9 Å². The van der Waals surface area contributed by atoms with Crippen LogP contribution in [0, 0.1) is 5.82 Å². The van der Waals surface area contributed by atoms with E-state index < -0.39 is 5.97 Å². The predicted molar refractivity (Wildman–Crippen MR) is 64.1 cm³/mol. The number of hydrogen-bond acceptors (Lipinski definition) is 3. The zero-order chi connectivity index (χ0) is 13.5. The van der Waals surface area contributed by atoms with Crippen molar-refractivity contribution in [2.75, 3.05) is 14.2 Å². The van der Waals surface area contributed by atoms with E-state index in [1.807, 2.05) is 0 Å². The topological polar surface area (TPSA) is 46.6 Å². The van der Waals surface area contributed by atoms with Crippen LogP contribution in [0.1, 0.15) is 18.4 Å². The SMILES string of the molecule is COC(=O)CCC(=O)N(C)Cc1ccccc1F. The lowest BCUT2D eigenvalue weighted by Crippen LogP contribution is -2.27. The highest BCUT2D eigenvalue weighted by molar-refractivity contribution is 5.81. The van der Waals surface area contributed by atoms with Crippen LogP contribution in [0.5, 0.6) is 0 Å². The summed E-state index contributed by atoms with van der Waals surface area (Å²) in [5.41, 5.74) is 0.450. The number of carbonyl (C=O) groups excluding carboxylic acids is 2. The third kappa shape index (κ3) is 4.16. The van der Waals surface area contributed by atoms with Crippen molar-refractivity contribution < 1.29 is 18.7 Å². The summed E-state index contributed by atoms with van der Waals surface area (Å²) in [7, 11) is 2.85. The average molecular weight is 253 g/mol. The Morgan fingerprint density at radius 3 is 2.56 bits per heavy atom. The fourth-order valence-corrected chi connectivity index (χ4v) is 1.47. The molecule has 0 spiro atoms. The van der Waals surface area contributed by atoms with Crippen LogP contribution in [0.2, 0.25) is 0 Å². The van der Waals surface area contributed by atoms with Gasteiger partial charge in [-0.15, -0.1) is 0 Å². The third-order valence-corrected chi connectivity index (χ3v) is 2.56. The van der Waals surface area contributed by atoms with Crippen molar-refractivity contribution in [2.45, 2.75) is 19.4 Å². The van der Waals surface area contributed by atoms with Gasteiger partial charge in [0.1, 0.15) is 5.82 Å². The number of hydrogen-bond donors (Lipinski definition) is 0. The van der Waals surface area contributed by atoms with Gasteiger partial charge in [0.25, 0.3) is 0 Å². The summed E-state index contributed by atoms with van der Waals surface area (Å²) in [4.78, 5) is 24.0. The molecule has 1 rings (SSSR count). The first-order chi connectivity index (χ1) is 8.54. The van der Waals surface area contributed by atoms with Gasteiger partial charge in [0.15, 0.2) is 0 Å². The number of amides is 1. The molecule has 0 saturated carbocycles. The molecule has 0 N–H and O–H groups in total. The molecule has 0 heterocycles. The van der Waals surface area contributed by atoms with E-state index in [9.17, 15) is 14.0 Å². The molecule has 0 fully saturated rings. The first kappa shape index (κ1) is 14.2. The van der Waals surface area contributed by atoms with Crippen LogP contribution in [0.3, 0.4) is 0 Å². The fraction of sp³-hybridized carbons (Fsp3) is 0.385. The van der Waals surface area contributed by atoms with Gasteiger partial charge in [0.05, 0.1) is 13.5 Å². The van der Waals surface area contributed by atoms with Crippen LogP contribution in [0.4, 0.5) is 4.39 Å². The Hall–Kier alpha value is -1.91. The summed E-state index contributed by atoms with van der Waals surface area (Å²) in [6.07, 6.45) is 0.106. The van der Waals surface area contributed by atoms with Crippen molar-refractivity contribution >= 4 is 11.9 Å². The van der Waals surface area contributed by atoms with Gasteiger partial charge in [-0.05, 0) is 6.07 Å². The number of esters is 1. The number of rotatable bonds is 5. The Morgan fingerprint density at radius 1 is 1.28 bits per heavy atom. The third-order valence-electron chi connectivity index (χ3n) is 2.56. The highest BCUT2D eigenvalue weighted by atomic mass is 19.1. The minimum Gasteiger partial charge on any atom is -0.469 e. The summed E-state index contributed by atoms with van der Waals surface area (Å²) >= 11 is 0. The minimum absolute atomic E-state index is 0.0386. The maximum atomic E-state index is 13.4. The maximum absolute atomic E-state index is 13.4. The van der Waals surface area contributed by atoms with Gasteiger partial charge in [-0.2, -0.15) is 0 Å². The van der Waals surface area contributed by atoms with E-state index in [1.165, 1.54) is 18.1 Å². The second-order valence-corrected chi connectivity index (χ2v) is 3.92. The molecule has 0 aliphatic rings. The van der Waals surface area contributed by atoms with Gasteiger partial charge >= 0.3 is 5.97 Å². The normalized spacial score (nSPS) is 9.94. The zero-order valence-electron chi connectivity index (χ0n) is 10.5. The molecule has 1 amide bonds. The Balaban J connectivity index is 2.50. The lowest BCUT2D eigenvalue weighted by molar-refractivity contribution is -0.143. The molecular weight excluding hydrogens is 237 g/mol. The number of carbonyl (C=O) groups is 2. The number of benzene rings is 1. The van der Waals surface area contributed by atoms with Gasteiger partial charge in [0.2, 0.25) is 5.91 Å². The molecule has 0 radical (unpaired) electrons. The summed E-state index contributed by atoms with van der Waals surface area (Å²) in [6, 6.07) is 6.28. The zero-order valence-corrected chi connectivity index (χ0v) is 10.5. The molecule has 4 nitrogen and oxygen atoms in total. The fourth-order valence-electron chi connectivity index (χ4n) is 1.47. The molecule has 0 aliphatic carbocycles. The average Bonchev–Trinajstić information content (AvgIpc) is 2.38. The molecule has 1 aromatic rings. The highest BCUT2D eigenvalue weighted by Gasteiger charge is 2.13. The molecule has 18 heavy (non-hydrogen) atoms. The summed E-state index contributed by atoms with van der Waals surface area (Å²) in [5, 5.41) is 0. The number of halogens is 1. The van der Waals surface area contributed by atoms with Gasteiger partial charge in [-0.1, -0.05) is 18.2 Å². The highest BCUT2D eigenvalue weighted by Crippen LogP contribution is 2.10. The molecule has 0 aliphatic heterocycles. The standard InChI is InChI=1S/C13H16FNO3/c1-15(12(16)7-8-13(17)18-2)9-10-5-3-4-6-11(10)14/h3-6H,7-9H2,1-2H3.